The number of nitrogens with zero attached hydrogens (tertiary/aromatic N) is 1. The Labute approximate surface area is 180 Å². The first-order valence-corrected chi connectivity index (χ1v) is 11.4. The fraction of sp³-hybridized carbons (Fsp3) is 0.333. The molecule has 2 aromatic carbocycles. The molecule has 0 aliphatic heterocycles. The van der Waals surface area contributed by atoms with E-state index in [4.69, 9.17) is 11.6 Å². The van der Waals surface area contributed by atoms with Gasteiger partial charge in [0.05, 0.1) is 16.9 Å². The minimum Gasteiger partial charge on any atom is -0.508 e. The van der Waals surface area contributed by atoms with Crippen LogP contribution in [0.1, 0.15) is 37.3 Å². The summed E-state index contributed by atoms with van der Waals surface area (Å²) in [7, 11) is -3.82. The van der Waals surface area contributed by atoms with Gasteiger partial charge in [-0.15, -0.1) is 0 Å². The molecular formula is C21H22ClN3O4S. The van der Waals surface area contributed by atoms with Gasteiger partial charge in [-0.2, -0.15) is 5.26 Å². The zero-order valence-electron chi connectivity index (χ0n) is 16.1. The van der Waals surface area contributed by atoms with Crippen LogP contribution >= 0.6 is 11.6 Å². The molecule has 1 saturated carbocycles. The Kier molecular flexibility index (Phi) is 6.98. The van der Waals surface area contributed by atoms with E-state index >= 15 is 0 Å². The molecule has 3 atom stereocenters. The van der Waals surface area contributed by atoms with E-state index < -0.39 is 33.9 Å². The maximum Gasteiger partial charge on any atom is 0.240 e. The molecular weight excluding hydrogens is 426 g/mol. The summed E-state index contributed by atoms with van der Waals surface area (Å²) in [5, 5.41) is 22.2. The first kappa shape index (κ1) is 22.1. The van der Waals surface area contributed by atoms with Crippen LogP contribution in [-0.2, 0) is 14.8 Å². The third-order valence-electron chi connectivity index (χ3n) is 5.15. The van der Waals surface area contributed by atoms with Crippen molar-refractivity contribution in [3.63, 3.8) is 0 Å². The number of amides is 1. The molecule has 1 unspecified atom stereocenters. The third-order valence-corrected chi connectivity index (χ3v) is 6.91. The minimum absolute atomic E-state index is 0.00623. The van der Waals surface area contributed by atoms with Crippen molar-refractivity contribution >= 4 is 27.5 Å². The first-order chi connectivity index (χ1) is 14.3. The zero-order valence-corrected chi connectivity index (χ0v) is 17.7. The number of hydrogen-bond donors (Lipinski definition) is 3. The number of hydrogen-bond acceptors (Lipinski definition) is 5. The van der Waals surface area contributed by atoms with Crippen molar-refractivity contribution in [1.29, 1.82) is 5.26 Å². The molecule has 9 heteroatoms. The summed E-state index contributed by atoms with van der Waals surface area (Å²) < 4.78 is 28.1. The lowest BCUT2D eigenvalue weighted by Crippen LogP contribution is -2.48. The molecule has 3 N–H and O–H groups in total. The molecule has 7 nitrogen and oxygen atoms in total. The summed E-state index contributed by atoms with van der Waals surface area (Å²) in [6, 6.07) is 12.4. The predicted molar refractivity (Wildman–Crippen MR) is 112 cm³/mol. The van der Waals surface area contributed by atoms with Gasteiger partial charge in [0.1, 0.15) is 11.8 Å². The Hall–Kier alpha value is -2.60. The van der Waals surface area contributed by atoms with Crippen molar-refractivity contribution in [3.8, 4) is 11.8 Å². The van der Waals surface area contributed by atoms with Crippen molar-refractivity contribution in [2.75, 3.05) is 0 Å². The first-order valence-electron chi connectivity index (χ1n) is 9.57. The number of phenols is 1. The van der Waals surface area contributed by atoms with Crippen molar-refractivity contribution in [3.05, 3.63) is 59.1 Å². The fourth-order valence-electron chi connectivity index (χ4n) is 3.61. The number of halogens is 1. The highest BCUT2D eigenvalue weighted by atomic mass is 35.5. The summed E-state index contributed by atoms with van der Waals surface area (Å²) in [5.74, 6) is -1.00. The van der Waals surface area contributed by atoms with Crippen molar-refractivity contribution in [2.45, 2.75) is 42.7 Å². The van der Waals surface area contributed by atoms with E-state index in [0.29, 0.717) is 23.4 Å². The molecule has 0 saturated heterocycles. The maximum atomic E-state index is 12.9. The lowest BCUT2D eigenvalue weighted by molar-refractivity contribution is -0.127. The van der Waals surface area contributed by atoms with Crippen molar-refractivity contribution in [2.24, 2.45) is 5.92 Å². The van der Waals surface area contributed by atoms with Gasteiger partial charge in [-0.1, -0.05) is 36.6 Å². The van der Waals surface area contributed by atoms with Crippen LogP contribution in [0.5, 0.6) is 5.75 Å². The van der Waals surface area contributed by atoms with Crippen LogP contribution in [0.2, 0.25) is 5.02 Å². The van der Waals surface area contributed by atoms with E-state index in [2.05, 4.69) is 10.0 Å². The van der Waals surface area contributed by atoms with E-state index in [-0.39, 0.29) is 10.6 Å². The summed E-state index contributed by atoms with van der Waals surface area (Å²) in [5.41, 5.74) is 0.458. The molecule has 1 aliphatic carbocycles. The average Bonchev–Trinajstić information content (AvgIpc) is 2.72. The van der Waals surface area contributed by atoms with Crippen LogP contribution in [-0.4, -0.2) is 25.5 Å². The van der Waals surface area contributed by atoms with E-state index in [1.165, 1.54) is 36.4 Å². The molecule has 0 aromatic heterocycles. The molecule has 3 rings (SSSR count). The van der Waals surface area contributed by atoms with Gasteiger partial charge in [0.25, 0.3) is 0 Å². The standard InChI is InChI=1S/C21H22ClN3O4S/c22-15-8-10-17(11-9-15)30(28,29)25-19-7-2-1-6-18(19)21(27)24-20(13-23)14-4-3-5-16(26)12-14/h3-5,8-12,18-20,25-26H,1-2,6-7H2,(H,24,27)/t18-,19-,20?/m1/s1. The topological polar surface area (TPSA) is 119 Å². The van der Waals surface area contributed by atoms with Crippen LogP contribution in [0.15, 0.2) is 53.4 Å². The Morgan fingerprint density at radius 2 is 1.87 bits per heavy atom. The Bertz CT molecular complexity index is 1050. The van der Waals surface area contributed by atoms with Crippen LogP contribution in [0.4, 0.5) is 0 Å². The number of aromatic hydroxyl groups is 1. The third kappa shape index (κ3) is 5.30. The Morgan fingerprint density at radius 3 is 2.53 bits per heavy atom. The van der Waals surface area contributed by atoms with E-state index in [9.17, 15) is 23.6 Å². The monoisotopic (exact) mass is 447 g/mol. The van der Waals surface area contributed by atoms with Crippen molar-refractivity contribution in [1.82, 2.24) is 10.0 Å². The summed E-state index contributed by atoms with van der Waals surface area (Å²) in [6.07, 6.45) is 2.62. The van der Waals surface area contributed by atoms with Gasteiger partial charge in [-0.25, -0.2) is 13.1 Å². The van der Waals surface area contributed by atoms with Crippen LogP contribution in [0.25, 0.3) is 0 Å². The number of benzene rings is 2. The summed E-state index contributed by atoms with van der Waals surface area (Å²) >= 11 is 5.83. The largest absolute Gasteiger partial charge is 0.508 e. The Balaban J connectivity index is 1.75. The molecule has 158 valence electrons. The van der Waals surface area contributed by atoms with Gasteiger partial charge >= 0.3 is 0 Å². The van der Waals surface area contributed by atoms with Gasteiger partial charge in [0.15, 0.2) is 0 Å². The van der Waals surface area contributed by atoms with E-state index in [1.807, 2.05) is 6.07 Å². The van der Waals surface area contributed by atoms with E-state index in [1.54, 1.807) is 12.1 Å². The number of phenolic OH excluding ortho intramolecular Hbond substituents is 1. The summed E-state index contributed by atoms with van der Waals surface area (Å²) in [4.78, 5) is 13.0. The SMILES string of the molecule is N#CC(NC(=O)[C@@H]1CCCC[C@H]1NS(=O)(=O)c1ccc(Cl)cc1)c1cccc(O)c1. The van der Waals surface area contributed by atoms with Crippen LogP contribution < -0.4 is 10.0 Å². The maximum absolute atomic E-state index is 12.9. The summed E-state index contributed by atoms with van der Waals surface area (Å²) in [6.45, 7) is 0. The van der Waals surface area contributed by atoms with Gasteiger partial charge in [-0.3, -0.25) is 4.79 Å². The smallest absolute Gasteiger partial charge is 0.240 e. The Morgan fingerprint density at radius 1 is 1.17 bits per heavy atom. The number of nitrogens with one attached hydrogen (secondary N) is 2. The molecule has 1 amide bonds. The molecule has 0 bridgehead atoms. The number of sulfonamides is 1. The normalized spacial score (nSPS) is 20.1. The lowest BCUT2D eigenvalue weighted by atomic mass is 9.84. The molecule has 0 spiro atoms. The van der Waals surface area contributed by atoms with Crippen LogP contribution in [0, 0.1) is 17.2 Å². The van der Waals surface area contributed by atoms with Crippen molar-refractivity contribution < 1.29 is 18.3 Å². The number of carbonyl (C=O) groups excluding carboxylic acids is 1. The molecule has 30 heavy (non-hydrogen) atoms. The van der Waals surface area contributed by atoms with Crippen LogP contribution in [0.3, 0.4) is 0 Å². The molecule has 1 aliphatic rings. The highest BCUT2D eigenvalue weighted by Crippen LogP contribution is 2.28. The average molecular weight is 448 g/mol. The molecule has 2 aromatic rings. The second-order valence-electron chi connectivity index (χ2n) is 7.24. The number of carbonyl (C=O) groups is 1. The quantitative estimate of drug-likeness (QED) is 0.627. The number of nitriles is 1. The highest BCUT2D eigenvalue weighted by molar-refractivity contribution is 7.89. The molecule has 0 heterocycles. The van der Waals surface area contributed by atoms with Gasteiger partial charge in [-0.05, 0) is 54.8 Å². The van der Waals surface area contributed by atoms with E-state index in [0.717, 1.165) is 12.8 Å². The molecule has 0 radical (unpaired) electrons. The second kappa shape index (κ2) is 9.47. The highest BCUT2D eigenvalue weighted by Gasteiger charge is 2.35. The minimum atomic E-state index is -3.82. The lowest BCUT2D eigenvalue weighted by Gasteiger charge is -2.31. The fourth-order valence-corrected chi connectivity index (χ4v) is 5.05. The molecule has 1 fully saturated rings. The number of rotatable bonds is 6. The predicted octanol–water partition coefficient (Wildman–Crippen LogP) is 3.26. The van der Waals surface area contributed by atoms with Gasteiger partial charge in [0, 0.05) is 11.1 Å². The van der Waals surface area contributed by atoms with Gasteiger partial charge < -0.3 is 10.4 Å². The van der Waals surface area contributed by atoms with Gasteiger partial charge in [0.2, 0.25) is 15.9 Å². The second-order valence-corrected chi connectivity index (χ2v) is 9.39. The zero-order chi connectivity index (χ0) is 21.7.